The highest BCUT2D eigenvalue weighted by atomic mass is 16.4. The Balaban J connectivity index is 2.32. The first-order chi connectivity index (χ1) is 9.88. The van der Waals surface area contributed by atoms with E-state index >= 15 is 0 Å². The van der Waals surface area contributed by atoms with Crippen molar-refractivity contribution in [1.29, 1.82) is 0 Å². The molecule has 2 amide bonds. The number of urea groups is 1. The Morgan fingerprint density at radius 1 is 1.38 bits per heavy atom. The van der Waals surface area contributed by atoms with E-state index in [1.807, 2.05) is 13.1 Å². The predicted octanol–water partition coefficient (Wildman–Crippen LogP) is -0.191. The number of carboxylic acid groups (broad SMARTS) is 2. The molecule has 1 rings (SSSR count). The van der Waals surface area contributed by atoms with E-state index in [-0.39, 0.29) is 19.4 Å². The maximum Gasteiger partial charge on any atom is 0.326 e. The van der Waals surface area contributed by atoms with E-state index in [2.05, 4.69) is 15.7 Å². The van der Waals surface area contributed by atoms with Crippen LogP contribution in [-0.2, 0) is 16.1 Å². The lowest BCUT2D eigenvalue weighted by molar-refractivity contribution is -0.140. The molecule has 0 aliphatic carbocycles. The quantitative estimate of drug-likeness (QED) is 0.525. The predicted molar refractivity (Wildman–Crippen MR) is 71.8 cm³/mol. The maximum absolute atomic E-state index is 11.5. The third-order valence-corrected chi connectivity index (χ3v) is 2.64. The molecule has 0 saturated heterocycles. The fourth-order valence-electron chi connectivity index (χ4n) is 1.61. The topological polar surface area (TPSA) is 134 Å². The lowest BCUT2D eigenvalue weighted by atomic mass is 10.1. The zero-order valence-corrected chi connectivity index (χ0v) is 11.6. The number of hydrogen-bond acceptors (Lipinski definition) is 4. The first-order valence-electron chi connectivity index (χ1n) is 6.36. The first kappa shape index (κ1) is 16.5. The van der Waals surface area contributed by atoms with Crippen molar-refractivity contribution < 1.29 is 24.6 Å². The maximum atomic E-state index is 11.5. The summed E-state index contributed by atoms with van der Waals surface area (Å²) in [4.78, 5) is 32.8. The van der Waals surface area contributed by atoms with Gasteiger partial charge in [-0.2, -0.15) is 5.10 Å². The average molecular weight is 298 g/mol. The van der Waals surface area contributed by atoms with Crippen molar-refractivity contribution in [3.8, 4) is 0 Å². The fraction of sp³-hybridized carbons (Fsp3) is 0.500. The summed E-state index contributed by atoms with van der Waals surface area (Å²) in [5.74, 6) is -2.38. The van der Waals surface area contributed by atoms with Crippen LogP contribution < -0.4 is 10.6 Å². The van der Waals surface area contributed by atoms with Gasteiger partial charge in [0.15, 0.2) is 0 Å². The van der Waals surface area contributed by atoms with Crippen molar-refractivity contribution in [2.75, 3.05) is 6.54 Å². The second kappa shape index (κ2) is 7.88. The Morgan fingerprint density at radius 3 is 2.62 bits per heavy atom. The molecule has 1 atom stereocenters. The normalized spacial score (nSPS) is 11.7. The summed E-state index contributed by atoms with van der Waals surface area (Å²) < 4.78 is 1.65. The first-order valence-corrected chi connectivity index (χ1v) is 6.36. The number of carbonyl (C=O) groups is 3. The molecule has 0 spiro atoms. The number of aromatic nitrogens is 2. The lowest BCUT2D eigenvalue weighted by Gasteiger charge is -2.14. The van der Waals surface area contributed by atoms with E-state index in [1.165, 1.54) is 0 Å². The lowest BCUT2D eigenvalue weighted by Crippen LogP contribution is -2.46. The molecule has 1 aromatic rings. The zero-order chi connectivity index (χ0) is 15.8. The van der Waals surface area contributed by atoms with Crippen LogP contribution in [0.3, 0.4) is 0 Å². The molecule has 21 heavy (non-hydrogen) atoms. The minimum absolute atomic E-state index is 0.170. The van der Waals surface area contributed by atoms with Gasteiger partial charge in [0, 0.05) is 19.2 Å². The fourth-order valence-corrected chi connectivity index (χ4v) is 1.61. The van der Waals surface area contributed by atoms with Crippen molar-refractivity contribution >= 4 is 18.0 Å². The summed E-state index contributed by atoms with van der Waals surface area (Å²) in [6, 6.07) is -1.88. The molecular weight excluding hydrogens is 280 g/mol. The van der Waals surface area contributed by atoms with Gasteiger partial charge in [-0.1, -0.05) is 0 Å². The van der Waals surface area contributed by atoms with Crippen molar-refractivity contribution in [3.63, 3.8) is 0 Å². The summed E-state index contributed by atoms with van der Waals surface area (Å²) in [7, 11) is 0. The van der Waals surface area contributed by atoms with E-state index in [0.717, 1.165) is 5.56 Å². The van der Waals surface area contributed by atoms with Crippen molar-refractivity contribution in [2.45, 2.75) is 32.4 Å². The van der Waals surface area contributed by atoms with E-state index < -0.39 is 24.0 Å². The molecule has 0 saturated carbocycles. The van der Waals surface area contributed by atoms with Crippen molar-refractivity contribution in [1.82, 2.24) is 20.4 Å². The monoisotopic (exact) mass is 298 g/mol. The summed E-state index contributed by atoms with van der Waals surface area (Å²) in [6.45, 7) is 2.62. The third-order valence-electron chi connectivity index (χ3n) is 2.64. The van der Waals surface area contributed by atoms with E-state index in [1.54, 1.807) is 10.9 Å². The second-order valence-electron chi connectivity index (χ2n) is 4.50. The molecule has 0 bridgehead atoms. The van der Waals surface area contributed by atoms with Gasteiger partial charge in [0.05, 0.1) is 12.7 Å². The largest absolute Gasteiger partial charge is 0.481 e. The van der Waals surface area contributed by atoms with Gasteiger partial charge in [-0.25, -0.2) is 9.59 Å². The molecule has 9 nitrogen and oxygen atoms in total. The molecule has 4 N–H and O–H groups in total. The number of amides is 2. The van der Waals surface area contributed by atoms with E-state index in [9.17, 15) is 14.4 Å². The SMILES string of the molecule is Cc1cnn(CCNC(=O)N[C@@H](CCC(=O)O)C(=O)O)c1. The summed E-state index contributed by atoms with van der Waals surface area (Å²) in [5, 5.41) is 26.2. The van der Waals surface area contributed by atoms with Crippen LogP contribution in [0.2, 0.25) is 0 Å². The van der Waals surface area contributed by atoms with Crippen LogP contribution in [0.4, 0.5) is 4.79 Å². The number of nitrogens with zero attached hydrogens (tertiary/aromatic N) is 2. The Labute approximate surface area is 120 Å². The second-order valence-corrected chi connectivity index (χ2v) is 4.50. The Bertz CT molecular complexity index is 514. The number of aliphatic carboxylic acids is 2. The standard InChI is InChI=1S/C12H18N4O5/c1-8-6-14-16(7-8)5-4-13-12(21)15-9(11(19)20)2-3-10(17)18/h6-7,9H,2-5H2,1H3,(H,17,18)(H,19,20)(H2,13,15,21)/t9-/m0/s1. The summed E-state index contributed by atoms with van der Waals surface area (Å²) >= 11 is 0. The molecule has 1 aromatic heterocycles. The highest BCUT2D eigenvalue weighted by Gasteiger charge is 2.20. The van der Waals surface area contributed by atoms with Gasteiger partial charge in [0.1, 0.15) is 6.04 Å². The van der Waals surface area contributed by atoms with Crippen LogP contribution in [0.25, 0.3) is 0 Å². The van der Waals surface area contributed by atoms with Gasteiger partial charge < -0.3 is 20.8 Å². The van der Waals surface area contributed by atoms with Crippen LogP contribution >= 0.6 is 0 Å². The highest BCUT2D eigenvalue weighted by Crippen LogP contribution is 1.98. The summed E-state index contributed by atoms with van der Waals surface area (Å²) in [5.41, 5.74) is 0.999. The molecule has 9 heteroatoms. The molecule has 0 unspecified atom stereocenters. The van der Waals surface area contributed by atoms with Crippen molar-refractivity contribution in [2.24, 2.45) is 0 Å². The molecular formula is C12H18N4O5. The molecule has 0 fully saturated rings. The van der Waals surface area contributed by atoms with E-state index in [0.29, 0.717) is 6.54 Å². The third kappa shape index (κ3) is 6.41. The minimum Gasteiger partial charge on any atom is -0.481 e. The van der Waals surface area contributed by atoms with Crippen LogP contribution in [0.1, 0.15) is 18.4 Å². The number of aryl methyl sites for hydroxylation is 1. The Kier molecular flexibility index (Phi) is 6.18. The van der Waals surface area contributed by atoms with Gasteiger partial charge in [0.25, 0.3) is 0 Å². The van der Waals surface area contributed by atoms with Crippen LogP contribution in [0.5, 0.6) is 0 Å². The van der Waals surface area contributed by atoms with Crippen LogP contribution in [0, 0.1) is 6.92 Å². The Morgan fingerprint density at radius 2 is 2.10 bits per heavy atom. The summed E-state index contributed by atoms with van der Waals surface area (Å²) in [6.07, 6.45) is 3.00. The number of hydrogen-bond donors (Lipinski definition) is 4. The van der Waals surface area contributed by atoms with E-state index in [4.69, 9.17) is 10.2 Å². The number of rotatable bonds is 8. The molecule has 0 aliphatic heterocycles. The van der Waals surface area contributed by atoms with Crippen molar-refractivity contribution in [3.05, 3.63) is 18.0 Å². The molecule has 1 heterocycles. The molecule has 0 aromatic carbocycles. The van der Waals surface area contributed by atoms with Gasteiger partial charge >= 0.3 is 18.0 Å². The van der Waals surface area contributed by atoms with Gasteiger partial charge in [-0.15, -0.1) is 0 Å². The van der Waals surface area contributed by atoms with Gasteiger partial charge in [0.2, 0.25) is 0 Å². The molecule has 116 valence electrons. The zero-order valence-electron chi connectivity index (χ0n) is 11.6. The average Bonchev–Trinajstić information content (AvgIpc) is 2.79. The molecule has 0 aliphatic rings. The highest BCUT2D eigenvalue weighted by molar-refractivity contribution is 5.82. The number of nitrogens with one attached hydrogen (secondary N) is 2. The number of carbonyl (C=O) groups excluding carboxylic acids is 1. The smallest absolute Gasteiger partial charge is 0.326 e. The minimum atomic E-state index is -1.27. The van der Waals surface area contributed by atoms with Gasteiger partial charge in [-0.05, 0) is 18.9 Å². The van der Waals surface area contributed by atoms with Crippen LogP contribution in [-0.4, -0.2) is 50.5 Å². The Hall–Kier alpha value is -2.58. The number of carboxylic acids is 2. The van der Waals surface area contributed by atoms with Crippen LogP contribution in [0.15, 0.2) is 12.4 Å². The van der Waals surface area contributed by atoms with Gasteiger partial charge in [-0.3, -0.25) is 9.48 Å². The molecule has 0 radical (unpaired) electrons.